The van der Waals surface area contributed by atoms with E-state index < -0.39 is 52.7 Å². The maximum atomic E-state index is 12.5. The van der Waals surface area contributed by atoms with Gasteiger partial charge in [0.05, 0.1) is 12.0 Å². The average molecular weight is 578 g/mol. The fourth-order valence-corrected chi connectivity index (χ4v) is 4.54. The van der Waals surface area contributed by atoms with E-state index in [0.717, 1.165) is 7.11 Å². The van der Waals surface area contributed by atoms with E-state index in [1.54, 1.807) is 25.1 Å². The molecule has 0 spiro atoms. The summed E-state index contributed by atoms with van der Waals surface area (Å²) in [5.74, 6) is -2.10. The Kier molecular flexibility index (Phi) is 9.44. The van der Waals surface area contributed by atoms with Crippen LogP contribution in [-0.2, 0) is 38.8 Å². The fraction of sp³-hybridized carbons (Fsp3) is 0.320. The molecule has 1 aliphatic rings. The number of imide groups is 1. The van der Waals surface area contributed by atoms with E-state index in [0.29, 0.717) is 34.4 Å². The summed E-state index contributed by atoms with van der Waals surface area (Å²) in [6.07, 6.45) is -1.76. The van der Waals surface area contributed by atoms with Gasteiger partial charge in [0.2, 0.25) is 5.91 Å². The standard InChI is InChI=1S/C25H27N3O11S/c1-4-5-22(30)28(13-29)39-25(33)38-12-21-19-10-15(27-23(31)14(2)26-24(32)37-3)6-8-17(19)18-9-7-16(11-20(18)21)40(34,35)36/h6-11,13-14,21H,4-5,12H2,1-3H3,(H,26,32)(H,27,31)(H,34,35,36). The van der Waals surface area contributed by atoms with Crippen molar-refractivity contribution in [3.05, 3.63) is 47.5 Å². The Bertz CT molecular complexity index is 1440. The number of amides is 4. The Hall–Kier alpha value is -4.50. The molecule has 2 aromatic carbocycles. The van der Waals surface area contributed by atoms with Crippen molar-refractivity contribution in [2.24, 2.45) is 0 Å². The Labute approximate surface area is 229 Å². The van der Waals surface area contributed by atoms with Gasteiger partial charge in [-0.05, 0) is 59.9 Å². The first kappa shape index (κ1) is 30.0. The van der Waals surface area contributed by atoms with Crippen LogP contribution in [0.3, 0.4) is 0 Å². The third-order valence-corrected chi connectivity index (χ3v) is 6.79. The van der Waals surface area contributed by atoms with Crippen LogP contribution < -0.4 is 10.6 Å². The zero-order valence-electron chi connectivity index (χ0n) is 21.7. The van der Waals surface area contributed by atoms with Crippen molar-refractivity contribution in [2.75, 3.05) is 19.0 Å². The van der Waals surface area contributed by atoms with Crippen molar-refractivity contribution >= 4 is 46.3 Å². The lowest BCUT2D eigenvalue weighted by Gasteiger charge is -2.18. The van der Waals surface area contributed by atoms with Crippen LogP contribution in [0.5, 0.6) is 0 Å². The van der Waals surface area contributed by atoms with Crippen LogP contribution in [-0.4, -0.2) is 68.3 Å². The number of hydrogen-bond donors (Lipinski definition) is 3. The second-order valence-electron chi connectivity index (χ2n) is 8.65. The molecule has 0 radical (unpaired) electrons. The number of nitrogens with zero attached hydrogens (tertiary/aromatic N) is 1. The van der Waals surface area contributed by atoms with Gasteiger partial charge in [0.25, 0.3) is 22.4 Å². The van der Waals surface area contributed by atoms with E-state index in [-0.39, 0.29) is 22.8 Å². The Morgan fingerprint density at radius 2 is 1.75 bits per heavy atom. The van der Waals surface area contributed by atoms with Gasteiger partial charge in [-0.3, -0.25) is 23.8 Å². The van der Waals surface area contributed by atoms with Gasteiger partial charge < -0.3 is 20.1 Å². The molecule has 2 atom stereocenters. The topological polar surface area (TPSA) is 195 Å². The highest BCUT2D eigenvalue weighted by molar-refractivity contribution is 7.85. The number of methoxy groups -OCH3 is 1. The number of alkyl carbamates (subject to hydrolysis) is 1. The van der Waals surface area contributed by atoms with E-state index in [9.17, 15) is 36.9 Å². The van der Waals surface area contributed by atoms with Crippen LogP contribution in [0.15, 0.2) is 41.3 Å². The lowest BCUT2D eigenvalue weighted by atomic mass is 9.97. The lowest BCUT2D eigenvalue weighted by Crippen LogP contribution is -2.41. The smallest absolute Gasteiger partial charge is 0.453 e. The van der Waals surface area contributed by atoms with Crippen molar-refractivity contribution in [1.82, 2.24) is 10.4 Å². The molecule has 3 rings (SSSR count). The first-order valence-electron chi connectivity index (χ1n) is 11.9. The van der Waals surface area contributed by atoms with Gasteiger partial charge in [-0.25, -0.2) is 9.59 Å². The van der Waals surface area contributed by atoms with Crippen LogP contribution in [0, 0.1) is 0 Å². The monoisotopic (exact) mass is 577 g/mol. The number of fused-ring (bicyclic) bond motifs is 3. The van der Waals surface area contributed by atoms with Crippen LogP contribution in [0.25, 0.3) is 11.1 Å². The number of anilines is 1. The zero-order valence-corrected chi connectivity index (χ0v) is 22.5. The number of carbonyl (C=O) groups excluding carboxylic acids is 5. The summed E-state index contributed by atoms with van der Waals surface area (Å²) >= 11 is 0. The maximum absolute atomic E-state index is 12.5. The van der Waals surface area contributed by atoms with Gasteiger partial charge in [-0.15, -0.1) is 5.06 Å². The summed E-state index contributed by atoms with van der Waals surface area (Å²) in [5.41, 5.74) is 2.43. The molecule has 0 saturated carbocycles. The Morgan fingerprint density at radius 1 is 1.10 bits per heavy atom. The molecule has 1 aliphatic carbocycles. The molecule has 0 aromatic heterocycles. The molecule has 4 amide bonds. The third kappa shape index (κ3) is 6.92. The summed E-state index contributed by atoms with van der Waals surface area (Å²) < 4.78 is 42.8. The fourth-order valence-electron chi connectivity index (χ4n) is 4.02. The highest BCUT2D eigenvalue weighted by Crippen LogP contribution is 2.46. The Morgan fingerprint density at radius 3 is 2.35 bits per heavy atom. The molecule has 0 aliphatic heterocycles. The molecule has 0 heterocycles. The number of nitrogens with one attached hydrogen (secondary N) is 2. The number of benzene rings is 2. The second kappa shape index (κ2) is 12.6. The van der Waals surface area contributed by atoms with Crippen LogP contribution in [0.4, 0.5) is 15.3 Å². The van der Waals surface area contributed by atoms with Crippen molar-refractivity contribution in [3.8, 4) is 11.1 Å². The normalized spacial score (nSPS) is 14.2. The predicted octanol–water partition coefficient (Wildman–Crippen LogP) is 2.58. The molecule has 2 aromatic rings. The molecule has 3 N–H and O–H groups in total. The Balaban J connectivity index is 1.89. The van der Waals surface area contributed by atoms with Crippen molar-refractivity contribution in [3.63, 3.8) is 0 Å². The highest BCUT2D eigenvalue weighted by atomic mass is 32.2. The largest absolute Gasteiger partial charge is 0.533 e. The van der Waals surface area contributed by atoms with Gasteiger partial charge in [-0.1, -0.05) is 19.1 Å². The minimum absolute atomic E-state index is 0.0306. The van der Waals surface area contributed by atoms with Gasteiger partial charge in [0.15, 0.2) is 0 Å². The maximum Gasteiger partial charge on any atom is 0.533 e. The van der Waals surface area contributed by atoms with Crippen molar-refractivity contribution in [1.29, 1.82) is 0 Å². The van der Waals surface area contributed by atoms with E-state index in [1.165, 1.54) is 25.1 Å². The molecule has 40 heavy (non-hydrogen) atoms. The molecule has 0 saturated heterocycles. The molecule has 2 unspecified atom stereocenters. The zero-order chi connectivity index (χ0) is 29.6. The molecule has 15 heteroatoms. The van der Waals surface area contributed by atoms with E-state index in [4.69, 9.17) is 4.74 Å². The third-order valence-electron chi connectivity index (χ3n) is 5.94. The van der Waals surface area contributed by atoms with E-state index in [1.807, 2.05) is 0 Å². The summed E-state index contributed by atoms with van der Waals surface area (Å²) in [7, 11) is -3.41. The van der Waals surface area contributed by atoms with Gasteiger partial charge >= 0.3 is 12.2 Å². The first-order chi connectivity index (χ1) is 18.9. The first-order valence-corrected chi connectivity index (χ1v) is 13.4. The number of hydrogen-bond acceptors (Lipinski definition) is 10. The van der Waals surface area contributed by atoms with Crippen molar-refractivity contribution < 1.29 is 51.3 Å². The van der Waals surface area contributed by atoms with Crippen LogP contribution >= 0.6 is 0 Å². The minimum Gasteiger partial charge on any atom is -0.453 e. The molecule has 0 bridgehead atoms. The van der Waals surface area contributed by atoms with E-state index >= 15 is 0 Å². The van der Waals surface area contributed by atoms with Gasteiger partial charge in [-0.2, -0.15) is 8.42 Å². The van der Waals surface area contributed by atoms with Gasteiger partial charge in [0, 0.05) is 18.0 Å². The highest BCUT2D eigenvalue weighted by Gasteiger charge is 2.32. The minimum atomic E-state index is -4.56. The molecular formula is C25H27N3O11S. The van der Waals surface area contributed by atoms with Gasteiger partial charge in [0.1, 0.15) is 12.6 Å². The summed E-state index contributed by atoms with van der Waals surface area (Å²) in [6.45, 7) is 2.73. The molecule has 214 valence electrons. The number of carbonyl (C=O) groups is 5. The van der Waals surface area contributed by atoms with Crippen LogP contribution in [0.1, 0.15) is 43.7 Å². The number of hydroxylamine groups is 2. The van der Waals surface area contributed by atoms with E-state index in [2.05, 4.69) is 20.2 Å². The summed E-state index contributed by atoms with van der Waals surface area (Å²) in [4.78, 5) is 63.6. The summed E-state index contributed by atoms with van der Waals surface area (Å²) in [6, 6.07) is 7.80. The lowest BCUT2D eigenvalue weighted by molar-refractivity contribution is -0.176. The number of rotatable bonds is 9. The SMILES string of the molecule is CCCC(=O)N(C=O)OC(=O)OCC1c2cc(NC(=O)C(C)NC(=O)OC)ccc2-c2ccc(S(=O)(=O)O)cc21. The second-order valence-corrected chi connectivity index (χ2v) is 10.1. The average Bonchev–Trinajstić information content (AvgIpc) is 3.21. The predicted molar refractivity (Wildman–Crippen MR) is 137 cm³/mol. The number of ether oxygens (including phenoxy) is 2. The molecule has 0 fully saturated rings. The van der Waals surface area contributed by atoms with Crippen LogP contribution in [0.2, 0.25) is 0 Å². The molecular weight excluding hydrogens is 550 g/mol. The van der Waals surface area contributed by atoms with Crippen molar-refractivity contribution in [2.45, 2.75) is 43.5 Å². The summed E-state index contributed by atoms with van der Waals surface area (Å²) in [5, 5.41) is 5.20. The quantitative estimate of drug-likeness (QED) is 0.171. The molecule has 14 nitrogen and oxygen atoms in total.